The molecule has 3 aromatic rings. The van der Waals surface area contributed by atoms with Crippen LogP contribution in [0.15, 0.2) is 53.6 Å². The van der Waals surface area contributed by atoms with Crippen molar-refractivity contribution in [3.8, 4) is 5.75 Å². The highest BCUT2D eigenvalue weighted by molar-refractivity contribution is 7.89. The number of rotatable bonds is 8. The number of fused-ring (bicyclic) bond motifs is 1. The molecule has 0 unspecified atom stereocenters. The number of sulfonamides is 1. The maximum atomic E-state index is 12.4. The first kappa shape index (κ1) is 22.0. The van der Waals surface area contributed by atoms with Crippen LogP contribution in [0.2, 0.25) is 5.02 Å². The van der Waals surface area contributed by atoms with Crippen LogP contribution in [0, 0.1) is 13.8 Å². The zero-order valence-electron chi connectivity index (χ0n) is 16.6. The highest BCUT2D eigenvalue weighted by atomic mass is 35.5. The highest BCUT2D eigenvalue weighted by Gasteiger charge is 2.16. The van der Waals surface area contributed by atoms with Gasteiger partial charge in [-0.1, -0.05) is 23.7 Å². The van der Waals surface area contributed by atoms with Crippen molar-refractivity contribution in [2.75, 3.05) is 19.7 Å². The van der Waals surface area contributed by atoms with Crippen molar-refractivity contribution >= 4 is 38.4 Å². The molecule has 9 heteroatoms. The molecular formula is C21H22ClN3O4S. The Balaban J connectivity index is 1.50. The van der Waals surface area contributed by atoms with Gasteiger partial charge in [-0.25, -0.2) is 13.1 Å². The number of amides is 1. The number of carbonyl (C=O) groups excluding carboxylic acids is 1. The van der Waals surface area contributed by atoms with Gasteiger partial charge in [0.25, 0.3) is 5.91 Å². The minimum atomic E-state index is -3.65. The number of benzene rings is 2. The topological polar surface area (TPSA) is 97.4 Å². The Morgan fingerprint density at radius 1 is 1.13 bits per heavy atom. The molecule has 0 saturated carbocycles. The Kier molecular flexibility index (Phi) is 6.91. The van der Waals surface area contributed by atoms with Crippen LogP contribution in [0.5, 0.6) is 5.75 Å². The molecule has 1 aromatic heterocycles. The van der Waals surface area contributed by atoms with Crippen LogP contribution < -0.4 is 14.8 Å². The molecule has 2 aromatic carbocycles. The molecule has 0 atom stereocenters. The zero-order valence-corrected chi connectivity index (χ0v) is 18.2. The molecule has 158 valence electrons. The molecule has 0 aliphatic carbocycles. The molecule has 0 spiro atoms. The standard InChI is InChI=1S/C21H22ClN3O4S/c1-14-5-6-15(2)19(12-14)30(27,28)25-11-10-23-20(26)13-29-18-8-7-17(22)16-4-3-9-24-21(16)18/h3-9,12,25H,10-11,13H2,1-2H3,(H,23,26). The van der Waals surface area contributed by atoms with Gasteiger partial charge in [0.15, 0.2) is 6.61 Å². The highest BCUT2D eigenvalue weighted by Crippen LogP contribution is 2.29. The lowest BCUT2D eigenvalue weighted by atomic mass is 10.2. The summed E-state index contributed by atoms with van der Waals surface area (Å²) in [6, 6.07) is 12.2. The molecule has 0 saturated heterocycles. The second-order valence-corrected chi connectivity index (χ2v) is 8.89. The van der Waals surface area contributed by atoms with Gasteiger partial charge in [0.1, 0.15) is 11.3 Å². The third-order valence-corrected chi connectivity index (χ3v) is 6.34. The van der Waals surface area contributed by atoms with Gasteiger partial charge in [0.2, 0.25) is 10.0 Å². The van der Waals surface area contributed by atoms with Crippen LogP contribution in [0.1, 0.15) is 11.1 Å². The quantitative estimate of drug-likeness (QED) is 0.517. The number of nitrogens with zero attached hydrogens (tertiary/aromatic N) is 1. The number of hydrogen-bond acceptors (Lipinski definition) is 5. The number of nitrogens with one attached hydrogen (secondary N) is 2. The largest absolute Gasteiger partial charge is 0.481 e. The van der Waals surface area contributed by atoms with Gasteiger partial charge in [-0.15, -0.1) is 0 Å². The van der Waals surface area contributed by atoms with E-state index in [2.05, 4.69) is 15.0 Å². The molecule has 1 amide bonds. The molecule has 0 bridgehead atoms. The molecular weight excluding hydrogens is 426 g/mol. The monoisotopic (exact) mass is 447 g/mol. The van der Waals surface area contributed by atoms with Crippen LogP contribution in [-0.4, -0.2) is 39.0 Å². The Hall–Kier alpha value is -2.68. The maximum absolute atomic E-state index is 12.4. The molecule has 1 heterocycles. The number of hydrogen-bond donors (Lipinski definition) is 2. The summed E-state index contributed by atoms with van der Waals surface area (Å²) in [5.74, 6) is 0.0701. The Morgan fingerprint density at radius 3 is 2.73 bits per heavy atom. The minimum absolute atomic E-state index is 0.0624. The van der Waals surface area contributed by atoms with Crippen molar-refractivity contribution in [2.24, 2.45) is 0 Å². The minimum Gasteiger partial charge on any atom is -0.481 e. The summed E-state index contributed by atoms with van der Waals surface area (Å²) in [7, 11) is -3.65. The van der Waals surface area contributed by atoms with Crippen molar-refractivity contribution < 1.29 is 17.9 Å². The van der Waals surface area contributed by atoms with Crippen molar-refractivity contribution in [3.05, 3.63) is 64.8 Å². The third kappa shape index (κ3) is 5.27. The lowest BCUT2D eigenvalue weighted by molar-refractivity contribution is -0.123. The average Bonchev–Trinajstić information content (AvgIpc) is 2.72. The summed E-state index contributed by atoms with van der Waals surface area (Å²) in [4.78, 5) is 16.5. The fraction of sp³-hybridized carbons (Fsp3) is 0.238. The molecule has 0 aliphatic heterocycles. The lowest BCUT2D eigenvalue weighted by Gasteiger charge is -2.12. The van der Waals surface area contributed by atoms with Crippen LogP contribution in [0.25, 0.3) is 10.9 Å². The predicted octanol–water partition coefficient (Wildman–Crippen LogP) is 2.98. The summed E-state index contributed by atoms with van der Waals surface area (Å²) in [6.45, 7) is 3.54. The smallest absolute Gasteiger partial charge is 0.257 e. The second kappa shape index (κ2) is 9.42. The Labute approximate surface area is 180 Å². The van der Waals surface area contributed by atoms with E-state index in [-0.39, 0.29) is 30.5 Å². The number of ether oxygens (including phenoxy) is 1. The van der Waals surface area contributed by atoms with Crippen LogP contribution in [-0.2, 0) is 14.8 Å². The molecule has 0 fully saturated rings. The van der Waals surface area contributed by atoms with Gasteiger partial charge >= 0.3 is 0 Å². The number of pyridine rings is 1. The van der Waals surface area contributed by atoms with Gasteiger partial charge in [0, 0.05) is 24.7 Å². The van der Waals surface area contributed by atoms with Crippen molar-refractivity contribution in [2.45, 2.75) is 18.7 Å². The first-order chi connectivity index (χ1) is 14.3. The van der Waals surface area contributed by atoms with E-state index >= 15 is 0 Å². The van der Waals surface area contributed by atoms with Gasteiger partial charge in [-0.2, -0.15) is 0 Å². The van der Waals surface area contributed by atoms with E-state index in [0.717, 1.165) is 10.9 Å². The van der Waals surface area contributed by atoms with Crippen LogP contribution in [0.4, 0.5) is 0 Å². The summed E-state index contributed by atoms with van der Waals surface area (Å²) >= 11 is 6.14. The Bertz CT molecular complexity index is 1180. The Morgan fingerprint density at radius 2 is 1.93 bits per heavy atom. The van der Waals surface area contributed by atoms with Crippen molar-refractivity contribution in [3.63, 3.8) is 0 Å². The van der Waals surface area contributed by atoms with E-state index in [9.17, 15) is 13.2 Å². The average molecular weight is 448 g/mol. The molecule has 0 aliphatic rings. The number of aryl methyl sites for hydroxylation is 2. The molecule has 0 radical (unpaired) electrons. The van der Waals surface area contributed by atoms with E-state index in [0.29, 0.717) is 21.9 Å². The zero-order chi connectivity index (χ0) is 21.7. The normalized spacial score (nSPS) is 11.4. The van der Waals surface area contributed by atoms with Crippen LogP contribution >= 0.6 is 11.6 Å². The predicted molar refractivity (Wildman–Crippen MR) is 116 cm³/mol. The van der Waals surface area contributed by atoms with E-state index < -0.39 is 10.0 Å². The van der Waals surface area contributed by atoms with Gasteiger partial charge < -0.3 is 10.1 Å². The third-order valence-electron chi connectivity index (χ3n) is 4.41. The first-order valence-electron chi connectivity index (χ1n) is 9.27. The van der Waals surface area contributed by atoms with Crippen molar-refractivity contribution in [1.82, 2.24) is 15.0 Å². The summed E-state index contributed by atoms with van der Waals surface area (Å²) in [5, 5.41) is 3.91. The first-order valence-corrected chi connectivity index (χ1v) is 11.1. The lowest BCUT2D eigenvalue weighted by Crippen LogP contribution is -2.37. The molecule has 2 N–H and O–H groups in total. The number of aromatic nitrogens is 1. The molecule has 30 heavy (non-hydrogen) atoms. The van der Waals surface area contributed by atoms with E-state index in [1.165, 1.54) is 0 Å². The van der Waals surface area contributed by atoms with Gasteiger partial charge in [0.05, 0.1) is 9.92 Å². The van der Waals surface area contributed by atoms with E-state index in [1.54, 1.807) is 43.5 Å². The molecule has 7 nitrogen and oxygen atoms in total. The fourth-order valence-corrected chi connectivity index (χ4v) is 4.46. The van der Waals surface area contributed by atoms with Gasteiger partial charge in [-0.05, 0) is 55.3 Å². The SMILES string of the molecule is Cc1ccc(C)c(S(=O)(=O)NCCNC(=O)COc2ccc(Cl)c3cccnc23)c1. The maximum Gasteiger partial charge on any atom is 0.257 e. The summed E-state index contributed by atoms with van der Waals surface area (Å²) in [6.07, 6.45) is 1.62. The molecule has 3 rings (SSSR count). The fourth-order valence-electron chi connectivity index (χ4n) is 2.88. The van der Waals surface area contributed by atoms with E-state index in [4.69, 9.17) is 16.3 Å². The van der Waals surface area contributed by atoms with Crippen molar-refractivity contribution in [1.29, 1.82) is 0 Å². The van der Waals surface area contributed by atoms with Crippen LogP contribution in [0.3, 0.4) is 0 Å². The summed E-state index contributed by atoms with van der Waals surface area (Å²) in [5.41, 5.74) is 2.09. The summed E-state index contributed by atoms with van der Waals surface area (Å²) < 4.78 is 32.9. The van der Waals surface area contributed by atoms with E-state index in [1.807, 2.05) is 19.1 Å². The number of carbonyl (C=O) groups is 1. The number of halogens is 1. The van der Waals surface area contributed by atoms with Gasteiger partial charge in [-0.3, -0.25) is 9.78 Å². The second-order valence-electron chi connectivity index (χ2n) is 6.75.